The van der Waals surface area contributed by atoms with Gasteiger partial charge in [0.05, 0.1) is 0 Å². The second kappa shape index (κ2) is 7.37. The van der Waals surface area contributed by atoms with Gasteiger partial charge < -0.3 is 19.3 Å². The summed E-state index contributed by atoms with van der Waals surface area (Å²) in [7, 11) is 0. The highest BCUT2D eigenvalue weighted by Crippen LogP contribution is 2.41. The molecule has 1 N–H and O–H groups in total. The highest BCUT2D eigenvalue weighted by Gasteiger charge is 2.54. The predicted octanol–water partition coefficient (Wildman–Crippen LogP) is 3.47. The maximum absolute atomic E-state index is 13.5. The van der Waals surface area contributed by atoms with Crippen molar-refractivity contribution in [2.24, 2.45) is 0 Å². The van der Waals surface area contributed by atoms with Crippen LogP contribution in [0.2, 0.25) is 0 Å². The third-order valence-electron chi connectivity index (χ3n) is 4.84. The van der Waals surface area contributed by atoms with Crippen LogP contribution in [0.5, 0.6) is 0 Å². The molecule has 1 saturated heterocycles. The largest absolute Gasteiger partial charge is 0.611 e. The van der Waals surface area contributed by atoms with Crippen LogP contribution >= 0.6 is 0 Å². The minimum absolute atomic E-state index is 0.278. The summed E-state index contributed by atoms with van der Waals surface area (Å²) >= 11 is -1.60. The maximum atomic E-state index is 13.5. The third-order valence-corrected chi connectivity index (χ3v) is 6.83. The van der Waals surface area contributed by atoms with E-state index in [9.17, 15) is 18.8 Å². The highest BCUT2D eigenvalue weighted by molar-refractivity contribution is 7.92. The van der Waals surface area contributed by atoms with Crippen molar-refractivity contribution in [1.29, 1.82) is 0 Å². The highest BCUT2D eigenvalue weighted by atomic mass is 32.2. The number of benzene rings is 1. The van der Waals surface area contributed by atoms with E-state index in [0.29, 0.717) is 18.0 Å². The van der Waals surface area contributed by atoms with Crippen molar-refractivity contribution >= 4 is 17.3 Å². The van der Waals surface area contributed by atoms with E-state index in [0.717, 1.165) is 0 Å². The van der Waals surface area contributed by atoms with Crippen LogP contribution in [0.1, 0.15) is 47.5 Å². The summed E-state index contributed by atoms with van der Waals surface area (Å²) in [5, 5.41) is 11.2. The summed E-state index contributed by atoms with van der Waals surface area (Å²) < 4.78 is 30.8. The Balaban J connectivity index is 2.10. The number of piperidine rings is 1. The molecule has 1 amide bonds. The Kier molecular flexibility index (Phi) is 5.95. The molecule has 1 unspecified atom stereocenters. The van der Waals surface area contributed by atoms with Gasteiger partial charge in [-0.3, -0.25) is 0 Å². The minimum atomic E-state index is -1.60. The summed E-state index contributed by atoms with van der Waals surface area (Å²) in [6, 6.07) is 5.63. The van der Waals surface area contributed by atoms with Gasteiger partial charge in [0.25, 0.3) is 0 Å². The average molecular weight is 386 g/mol. The van der Waals surface area contributed by atoms with Gasteiger partial charge in [0.15, 0.2) is 9.64 Å². The quantitative estimate of drug-likeness (QED) is 0.809. The van der Waals surface area contributed by atoms with E-state index in [1.54, 1.807) is 45.6 Å². The molecule has 1 aliphatic rings. The van der Waals surface area contributed by atoms with Gasteiger partial charge in [-0.1, -0.05) is 6.07 Å². The molecule has 1 fully saturated rings. The van der Waals surface area contributed by atoms with Gasteiger partial charge in [0.1, 0.15) is 17.0 Å². The zero-order chi connectivity index (χ0) is 19.8. The Morgan fingerprint density at radius 2 is 1.85 bits per heavy atom. The van der Waals surface area contributed by atoms with Gasteiger partial charge >= 0.3 is 6.09 Å². The Labute approximate surface area is 157 Å². The number of nitrogens with zero attached hydrogens (tertiary/aromatic N) is 1. The first-order chi connectivity index (χ1) is 11.9. The van der Waals surface area contributed by atoms with E-state index in [4.69, 9.17) is 4.74 Å². The molecule has 1 aromatic rings. The standard InChI is InChI=1S/C19H28FNO4S/c1-17(2,3)25-16(22)21-11-9-19(23,10-12-21)18(4,5)26(24)15-8-6-7-14(20)13-15/h6-8,13,23H,9-12H2,1-5H3. The third kappa shape index (κ3) is 4.50. The van der Waals surface area contributed by atoms with E-state index < -0.39 is 39.0 Å². The number of ether oxygens (including phenoxy) is 1. The Hall–Kier alpha value is -1.31. The molecule has 0 bridgehead atoms. The molecular weight excluding hydrogens is 357 g/mol. The van der Waals surface area contributed by atoms with Crippen LogP contribution in [-0.2, 0) is 15.9 Å². The zero-order valence-corrected chi connectivity index (χ0v) is 16.9. The maximum Gasteiger partial charge on any atom is 0.410 e. The number of carbonyl (C=O) groups excluding carboxylic acids is 1. The van der Waals surface area contributed by atoms with Crippen LogP contribution < -0.4 is 0 Å². The predicted molar refractivity (Wildman–Crippen MR) is 98.9 cm³/mol. The number of halogens is 1. The van der Waals surface area contributed by atoms with E-state index >= 15 is 0 Å². The number of likely N-dealkylation sites (tertiary alicyclic amines) is 1. The molecule has 2 rings (SSSR count). The van der Waals surface area contributed by atoms with Gasteiger partial charge in [-0.05, 0) is 70.8 Å². The molecule has 0 saturated carbocycles. The average Bonchev–Trinajstić information content (AvgIpc) is 2.53. The number of rotatable bonds is 3. The van der Waals surface area contributed by atoms with Crippen LogP contribution in [-0.4, -0.2) is 49.7 Å². The molecule has 7 heteroatoms. The Bertz CT molecular complexity index is 651. The number of hydrogen-bond donors (Lipinski definition) is 1. The lowest BCUT2D eigenvalue weighted by Gasteiger charge is -2.47. The number of hydrogen-bond acceptors (Lipinski definition) is 4. The summed E-state index contributed by atoms with van der Waals surface area (Å²) in [5.74, 6) is -0.460. The van der Waals surface area contributed by atoms with Crippen molar-refractivity contribution < 1.29 is 23.6 Å². The van der Waals surface area contributed by atoms with Gasteiger partial charge in [-0.15, -0.1) is 0 Å². The fraction of sp³-hybridized carbons (Fsp3) is 0.632. The van der Waals surface area contributed by atoms with E-state index in [-0.39, 0.29) is 12.8 Å². The van der Waals surface area contributed by atoms with Crippen molar-refractivity contribution in [3.63, 3.8) is 0 Å². The second-order valence-corrected chi connectivity index (χ2v) is 10.3. The number of aliphatic hydroxyl groups is 1. The molecule has 146 valence electrons. The summed E-state index contributed by atoms with van der Waals surface area (Å²) in [6.45, 7) is 9.47. The molecule has 0 radical (unpaired) electrons. The van der Waals surface area contributed by atoms with E-state index in [1.165, 1.54) is 18.2 Å². The molecule has 1 atom stereocenters. The van der Waals surface area contributed by atoms with E-state index in [2.05, 4.69) is 0 Å². The van der Waals surface area contributed by atoms with E-state index in [1.807, 2.05) is 0 Å². The van der Waals surface area contributed by atoms with Crippen molar-refractivity contribution in [3.8, 4) is 0 Å². The fourth-order valence-electron chi connectivity index (χ4n) is 3.04. The molecule has 1 aromatic carbocycles. The van der Waals surface area contributed by atoms with Gasteiger partial charge in [0.2, 0.25) is 0 Å². The number of carbonyl (C=O) groups is 1. The fourth-order valence-corrected chi connectivity index (χ4v) is 4.60. The topological polar surface area (TPSA) is 72.8 Å². The van der Waals surface area contributed by atoms with Gasteiger partial charge in [0, 0.05) is 19.2 Å². The lowest BCUT2D eigenvalue weighted by Crippen LogP contribution is -2.60. The summed E-state index contributed by atoms with van der Waals surface area (Å²) in [4.78, 5) is 14.1. The monoisotopic (exact) mass is 385 g/mol. The van der Waals surface area contributed by atoms with Gasteiger partial charge in [-0.2, -0.15) is 0 Å². The van der Waals surface area contributed by atoms with Gasteiger partial charge in [-0.25, -0.2) is 9.18 Å². The van der Waals surface area contributed by atoms with Crippen LogP contribution in [0, 0.1) is 5.82 Å². The Morgan fingerprint density at radius 1 is 1.27 bits per heavy atom. The van der Waals surface area contributed by atoms with Crippen molar-refractivity contribution in [2.75, 3.05) is 13.1 Å². The van der Waals surface area contributed by atoms with Crippen LogP contribution in [0.25, 0.3) is 0 Å². The van der Waals surface area contributed by atoms with Crippen molar-refractivity contribution in [1.82, 2.24) is 4.90 Å². The molecule has 0 aliphatic carbocycles. The van der Waals surface area contributed by atoms with Crippen LogP contribution in [0.4, 0.5) is 9.18 Å². The molecule has 1 aliphatic heterocycles. The molecule has 1 heterocycles. The molecule has 5 nitrogen and oxygen atoms in total. The normalized spacial score (nSPS) is 19.2. The second-order valence-electron chi connectivity index (χ2n) is 8.24. The molecule has 0 spiro atoms. The molecule has 0 aromatic heterocycles. The van der Waals surface area contributed by atoms with Crippen molar-refractivity contribution in [3.05, 3.63) is 30.1 Å². The summed E-state index contributed by atoms with van der Waals surface area (Å²) in [5.41, 5.74) is -1.81. The lowest BCUT2D eigenvalue weighted by molar-refractivity contribution is -0.0510. The minimum Gasteiger partial charge on any atom is -0.611 e. The lowest BCUT2D eigenvalue weighted by atomic mass is 9.81. The first kappa shape index (κ1) is 21.0. The SMILES string of the molecule is CC(C)(C)OC(=O)N1CCC(O)(C(C)(C)[S+]([O-])c2cccc(F)c2)CC1. The smallest absolute Gasteiger partial charge is 0.410 e. The zero-order valence-electron chi connectivity index (χ0n) is 16.0. The first-order valence-corrected chi connectivity index (χ1v) is 9.88. The van der Waals surface area contributed by atoms with Crippen LogP contribution in [0.15, 0.2) is 29.2 Å². The van der Waals surface area contributed by atoms with Crippen molar-refractivity contribution in [2.45, 2.75) is 68.3 Å². The first-order valence-electron chi connectivity index (χ1n) is 8.73. The molecular formula is C19H28FNO4S. The number of amides is 1. The summed E-state index contributed by atoms with van der Waals surface area (Å²) in [6.07, 6.45) is 0.143. The molecule has 26 heavy (non-hydrogen) atoms. The Morgan fingerprint density at radius 3 is 2.35 bits per heavy atom. The van der Waals surface area contributed by atoms with Crippen LogP contribution in [0.3, 0.4) is 0 Å².